The molecular weight excluding hydrogens is 292 g/mol. The summed E-state index contributed by atoms with van der Waals surface area (Å²) < 4.78 is 0. The van der Waals surface area contributed by atoms with Crippen molar-refractivity contribution in [1.82, 2.24) is 4.90 Å². The van der Waals surface area contributed by atoms with Crippen LogP contribution in [0.2, 0.25) is 0 Å². The van der Waals surface area contributed by atoms with Crippen molar-refractivity contribution in [3.05, 3.63) is 84.1 Å². The van der Waals surface area contributed by atoms with E-state index in [9.17, 15) is 0 Å². The number of rotatable bonds is 4. The molecule has 2 nitrogen and oxygen atoms in total. The minimum Gasteiger partial charge on any atom is -0.360 e. The highest BCUT2D eigenvalue weighted by molar-refractivity contribution is 5.98. The number of hydrogen-bond donors (Lipinski definition) is 0. The zero-order valence-corrected chi connectivity index (χ0v) is 14.4. The van der Waals surface area contributed by atoms with E-state index in [-0.39, 0.29) is 0 Å². The number of benzene rings is 2. The minimum atomic E-state index is 0.860. The molecule has 3 rings (SSSR count). The van der Waals surface area contributed by atoms with Crippen LogP contribution in [0.4, 0.5) is 0 Å². The van der Waals surface area contributed by atoms with Crippen LogP contribution in [-0.4, -0.2) is 23.8 Å². The predicted molar refractivity (Wildman–Crippen MR) is 104 cm³/mol. The second-order valence-electron chi connectivity index (χ2n) is 5.88. The van der Waals surface area contributed by atoms with E-state index in [1.165, 1.54) is 16.7 Å². The summed E-state index contributed by atoms with van der Waals surface area (Å²) >= 11 is 0. The van der Waals surface area contributed by atoms with E-state index in [1.807, 2.05) is 12.3 Å². The first kappa shape index (κ1) is 16.3. The molecule has 0 saturated heterocycles. The molecule has 0 atom stereocenters. The molecule has 0 amide bonds. The van der Waals surface area contributed by atoms with Crippen LogP contribution in [0, 0.1) is 0 Å². The van der Waals surface area contributed by atoms with Crippen LogP contribution in [0.25, 0.3) is 11.1 Å². The number of aliphatic imine (C=N–C) groups is 1. The van der Waals surface area contributed by atoms with Crippen LogP contribution in [0.15, 0.2) is 77.9 Å². The van der Waals surface area contributed by atoms with Gasteiger partial charge >= 0.3 is 0 Å². The molecule has 2 aromatic carbocycles. The first-order valence-electron chi connectivity index (χ1n) is 8.65. The zero-order valence-electron chi connectivity index (χ0n) is 14.4. The lowest BCUT2D eigenvalue weighted by Gasteiger charge is -2.23. The highest BCUT2D eigenvalue weighted by Gasteiger charge is 2.15. The van der Waals surface area contributed by atoms with E-state index < -0.39 is 0 Å². The van der Waals surface area contributed by atoms with Crippen molar-refractivity contribution in [3.8, 4) is 0 Å². The molecule has 0 N–H and O–H groups in total. The number of allylic oxidation sites excluding steroid dienone is 2. The third kappa shape index (κ3) is 3.65. The Hall–Kier alpha value is -2.61. The van der Waals surface area contributed by atoms with Gasteiger partial charge in [0.15, 0.2) is 0 Å². The Morgan fingerprint density at radius 1 is 0.833 bits per heavy atom. The maximum absolute atomic E-state index is 4.83. The molecule has 0 bridgehead atoms. The highest BCUT2D eigenvalue weighted by atomic mass is 15.2. The molecule has 24 heavy (non-hydrogen) atoms. The van der Waals surface area contributed by atoms with Crippen molar-refractivity contribution in [1.29, 1.82) is 0 Å². The quantitative estimate of drug-likeness (QED) is 0.751. The van der Waals surface area contributed by atoms with Crippen molar-refractivity contribution in [3.63, 3.8) is 0 Å². The molecular formula is C22H24N2. The smallest absolute Gasteiger partial charge is 0.109 e. The standard InChI is InChI=1S/C22H24N2/c1-3-24(4-2)22-16-20(18-11-7-5-8-12-18)15-21(17-23-22)19-13-9-6-10-14-19/h5-15,17H,3-4,16H2,1-2H3. The summed E-state index contributed by atoms with van der Waals surface area (Å²) in [6.07, 6.45) is 5.15. The molecule has 0 radical (unpaired) electrons. The Morgan fingerprint density at radius 2 is 1.42 bits per heavy atom. The van der Waals surface area contributed by atoms with Gasteiger partial charge in [0.1, 0.15) is 5.84 Å². The van der Waals surface area contributed by atoms with Crippen LogP contribution in [-0.2, 0) is 0 Å². The summed E-state index contributed by atoms with van der Waals surface area (Å²) in [5.74, 6) is 1.14. The van der Waals surface area contributed by atoms with Crippen LogP contribution in [0.1, 0.15) is 31.4 Å². The lowest BCUT2D eigenvalue weighted by molar-refractivity contribution is 0.460. The van der Waals surface area contributed by atoms with Crippen molar-refractivity contribution >= 4 is 17.0 Å². The van der Waals surface area contributed by atoms with Gasteiger partial charge in [-0.1, -0.05) is 60.7 Å². The van der Waals surface area contributed by atoms with E-state index in [0.29, 0.717) is 0 Å². The Kier molecular flexibility index (Phi) is 5.27. The summed E-state index contributed by atoms with van der Waals surface area (Å²) in [6, 6.07) is 21.1. The van der Waals surface area contributed by atoms with Gasteiger partial charge in [-0.2, -0.15) is 0 Å². The second kappa shape index (κ2) is 7.78. The SMILES string of the molecule is CCN(CC)C1=NC=C(c2ccccc2)C=C(c2ccccc2)C1. The van der Waals surface area contributed by atoms with E-state index >= 15 is 0 Å². The maximum Gasteiger partial charge on any atom is 0.109 e. The van der Waals surface area contributed by atoms with Crippen LogP contribution < -0.4 is 0 Å². The van der Waals surface area contributed by atoms with Gasteiger partial charge in [-0.3, -0.25) is 0 Å². The molecule has 0 saturated carbocycles. The minimum absolute atomic E-state index is 0.860. The van der Waals surface area contributed by atoms with Gasteiger partial charge in [-0.15, -0.1) is 0 Å². The largest absolute Gasteiger partial charge is 0.360 e. The van der Waals surface area contributed by atoms with Crippen molar-refractivity contribution in [2.75, 3.05) is 13.1 Å². The molecule has 1 heterocycles. The molecule has 0 aromatic heterocycles. The topological polar surface area (TPSA) is 15.6 Å². The van der Waals surface area contributed by atoms with Gasteiger partial charge in [0.2, 0.25) is 0 Å². The van der Waals surface area contributed by atoms with Gasteiger partial charge < -0.3 is 4.90 Å². The van der Waals surface area contributed by atoms with Gasteiger partial charge in [-0.25, -0.2) is 4.99 Å². The fraction of sp³-hybridized carbons (Fsp3) is 0.227. The van der Waals surface area contributed by atoms with E-state index in [1.54, 1.807) is 0 Å². The molecule has 2 aromatic rings. The van der Waals surface area contributed by atoms with Gasteiger partial charge in [0, 0.05) is 31.3 Å². The molecule has 122 valence electrons. The van der Waals surface area contributed by atoms with Crippen LogP contribution >= 0.6 is 0 Å². The molecule has 1 aliphatic rings. The summed E-state index contributed by atoms with van der Waals surface area (Å²) in [7, 11) is 0. The van der Waals surface area contributed by atoms with Gasteiger partial charge in [0.25, 0.3) is 0 Å². The molecule has 1 aliphatic heterocycles. The van der Waals surface area contributed by atoms with Crippen molar-refractivity contribution in [2.45, 2.75) is 20.3 Å². The highest BCUT2D eigenvalue weighted by Crippen LogP contribution is 2.28. The fourth-order valence-corrected chi connectivity index (χ4v) is 3.04. The van der Waals surface area contributed by atoms with E-state index in [4.69, 9.17) is 4.99 Å². The van der Waals surface area contributed by atoms with Gasteiger partial charge in [0.05, 0.1) is 0 Å². The summed E-state index contributed by atoms with van der Waals surface area (Å²) in [5.41, 5.74) is 4.95. The average molecular weight is 316 g/mol. The third-order valence-electron chi connectivity index (χ3n) is 4.41. The summed E-state index contributed by atoms with van der Waals surface area (Å²) in [4.78, 5) is 7.16. The Labute approximate surface area is 144 Å². The van der Waals surface area contributed by atoms with E-state index in [0.717, 1.165) is 30.9 Å². The Morgan fingerprint density at radius 3 is 2.00 bits per heavy atom. The predicted octanol–water partition coefficient (Wildman–Crippen LogP) is 5.26. The third-order valence-corrected chi connectivity index (χ3v) is 4.41. The normalized spacial score (nSPS) is 14.3. The van der Waals surface area contributed by atoms with Gasteiger partial charge in [-0.05, 0) is 36.6 Å². The summed E-state index contributed by atoms with van der Waals surface area (Å²) in [6.45, 7) is 6.33. The molecule has 0 fully saturated rings. The average Bonchev–Trinajstić information content (AvgIpc) is 2.88. The second-order valence-corrected chi connectivity index (χ2v) is 5.88. The van der Waals surface area contributed by atoms with Crippen LogP contribution in [0.3, 0.4) is 0 Å². The fourth-order valence-electron chi connectivity index (χ4n) is 3.04. The van der Waals surface area contributed by atoms with Crippen molar-refractivity contribution < 1.29 is 0 Å². The first-order chi connectivity index (χ1) is 11.8. The van der Waals surface area contributed by atoms with E-state index in [2.05, 4.69) is 79.4 Å². The lowest BCUT2D eigenvalue weighted by Crippen LogP contribution is -2.30. The van der Waals surface area contributed by atoms with Crippen LogP contribution in [0.5, 0.6) is 0 Å². The molecule has 2 heteroatoms. The maximum atomic E-state index is 4.83. The number of amidine groups is 1. The summed E-state index contributed by atoms with van der Waals surface area (Å²) in [5, 5.41) is 0. The number of hydrogen-bond acceptors (Lipinski definition) is 2. The molecule has 0 aliphatic carbocycles. The Bertz CT molecular complexity index is 751. The molecule has 0 unspecified atom stereocenters. The Balaban J connectivity index is 2.06. The first-order valence-corrected chi connectivity index (χ1v) is 8.65. The number of nitrogens with zero attached hydrogens (tertiary/aromatic N) is 2. The molecule has 0 spiro atoms. The zero-order chi connectivity index (χ0) is 16.8. The monoisotopic (exact) mass is 316 g/mol. The lowest BCUT2D eigenvalue weighted by atomic mass is 9.97. The van der Waals surface area contributed by atoms with Crippen molar-refractivity contribution in [2.24, 2.45) is 4.99 Å².